The summed E-state index contributed by atoms with van der Waals surface area (Å²) in [7, 11) is 1.26. The predicted molar refractivity (Wildman–Crippen MR) is 200 cm³/mol. The molecule has 0 amide bonds. The number of hydrogen-bond donors (Lipinski definition) is 0. The standard InChI is InChI=1S/C35H31BrIN3O10S/c1-5-47-27-16-22(10-11-26(27)49-18-29(41)46-4)31-30(34(43)48-6-2)19(3)38-35-39(31)33(42)28(51-35)15-21-13-24(36)32(25(37)14-21)50-17-20-8-7-9-23(12-20)40(44)45/h7-16,31H,5-6,17-18H2,1-4H3/b28-15-/t31-/m1/s1. The van der Waals surface area contributed by atoms with Crippen molar-refractivity contribution in [2.75, 3.05) is 26.9 Å². The van der Waals surface area contributed by atoms with Crippen molar-refractivity contribution in [3.63, 3.8) is 0 Å². The Morgan fingerprint density at radius 1 is 1.08 bits per heavy atom. The summed E-state index contributed by atoms with van der Waals surface area (Å²) in [6.07, 6.45) is 1.73. The van der Waals surface area contributed by atoms with E-state index in [1.54, 1.807) is 63.2 Å². The zero-order chi connectivity index (χ0) is 36.8. The van der Waals surface area contributed by atoms with Crippen LogP contribution >= 0.6 is 49.9 Å². The maximum atomic E-state index is 14.2. The molecule has 0 N–H and O–H groups in total. The molecule has 0 unspecified atom stereocenters. The molecule has 1 aliphatic heterocycles. The maximum absolute atomic E-state index is 14.2. The van der Waals surface area contributed by atoms with Gasteiger partial charge in [0.25, 0.3) is 11.2 Å². The molecule has 13 nitrogen and oxygen atoms in total. The van der Waals surface area contributed by atoms with Gasteiger partial charge in [-0.1, -0.05) is 29.5 Å². The molecule has 2 heterocycles. The smallest absolute Gasteiger partial charge is 0.343 e. The normalized spacial score (nSPS) is 14.0. The van der Waals surface area contributed by atoms with Gasteiger partial charge < -0.3 is 23.7 Å². The molecule has 266 valence electrons. The first-order valence-electron chi connectivity index (χ1n) is 15.5. The van der Waals surface area contributed by atoms with Gasteiger partial charge in [-0.05, 0) is 106 Å². The van der Waals surface area contributed by atoms with Gasteiger partial charge >= 0.3 is 11.9 Å². The van der Waals surface area contributed by atoms with E-state index >= 15 is 0 Å². The number of nitrogens with zero attached hydrogens (tertiary/aromatic N) is 3. The molecule has 0 fully saturated rings. The quantitative estimate of drug-likeness (QED) is 0.0716. The molecule has 3 aromatic carbocycles. The molecule has 5 rings (SSSR count). The lowest BCUT2D eigenvalue weighted by molar-refractivity contribution is -0.384. The fraction of sp³-hybridized carbons (Fsp3) is 0.257. The third kappa shape index (κ3) is 8.50. The second-order valence-corrected chi connectivity index (χ2v) is 13.9. The summed E-state index contributed by atoms with van der Waals surface area (Å²) in [4.78, 5) is 55.1. The van der Waals surface area contributed by atoms with Crippen LogP contribution < -0.4 is 29.1 Å². The van der Waals surface area contributed by atoms with Crippen molar-refractivity contribution in [3.05, 3.63) is 120 Å². The van der Waals surface area contributed by atoms with Crippen LogP contribution in [0.4, 0.5) is 5.69 Å². The van der Waals surface area contributed by atoms with Crippen LogP contribution in [0, 0.1) is 13.7 Å². The lowest BCUT2D eigenvalue weighted by Gasteiger charge is -2.25. The van der Waals surface area contributed by atoms with E-state index in [-0.39, 0.29) is 49.0 Å². The third-order valence-corrected chi connectivity index (χ3v) is 9.87. The summed E-state index contributed by atoms with van der Waals surface area (Å²) in [6.45, 7) is 5.37. The molecule has 16 heteroatoms. The first-order chi connectivity index (χ1) is 24.4. The number of halogens is 2. The minimum Gasteiger partial charge on any atom is -0.490 e. The van der Waals surface area contributed by atoms with Crippen molar-refractivity contribution in [1.29, 1.82) is 0 Å². The number of carbonyl (C=O) groups excluding carboxylic acids is 2. The Balaban J connectivity index is 1.55. The Kier molecular flexibility index (Phi) is 12.3. The minimum atomic E-state index is -0.909. The molecule has 0 aliphatic carbocycles. The molecule has 0 radical (unpaired) electrons. The van der Waals surface area contributed by atoms with Gasteiger partial charge in [-0.3, -0.25) is 19.5 Å². The van der Waals surface area contributed by atoms with Gasteiger partial charge in [0.2, 0.25) is 0 Å². The number of aromatic nitrogens is 1. The Hall–Kier alpha value is -4.55. The largest absolute Gasteiger partial charge is 0.490 e. The van der Waals surface area contributed by atoms with Crippen LogP contribution in [0.5, 0.6) is 17.2 Å². The molecule has 0 bridgehead atoms. The van der Waals surface area contributed by atoms with Gasteiger partial charge in [0, 0.05) is 12.1 Å². The van der Waals surface area contributed by atoms with E-state index in [4.69, 9.17) is 18.9 Å². The number of hydrogen-bond acceptors (Lipinski definition) is 12. The van der Waals surface area contributed by atoms with Crippen LogP contribution in [0.25, 0.3) is 6.08 Å². The lowest BCUT2D eigenvalue weighted by Crippen LogP contribution is -2.40. The number of non-ortho nitro benzene ring substituents is 1. The molecular formula is C35H31BrIN3O10S. The molecular weight excluding hydrogens is 861 g/mol. The average molecular weight is 893 g/mol. The minimum absolute atomic E-state index is 0.0233. The number of carbonyl (C=O) groups is 2. The molecule has 4 aromatic rings. The fourth-order valence-corrected chi connectivity index (χ4v) is 8.07. The highest BCUT2D eigenvalue weighted by atomic mass is 127. The van der Waals surface area contributed by atoms with Gasteiger partial charge in [0.05, 0.1) is 55.1 Å². The number of thiazole rings is 1. The number of nitro benzene ring substituents is 1. The van der Waals surface area contributed by atoms with Crippen molar-refractivity contribution in [2.24, 2.45) is 4.99 Å². The number of esters is 2. The molecule has 0 saturated heterocycles. The predicted octanol–water partition coefficient (Wildman–Crippen LogP) is 5.60. The number of benzene rings is 3. The van der Waals surface area contributed by atoms with Gasteiger partial charge in [0.15, 0.2) is 22.9 Å². The van der Waals surface area contributed by atoms with Crippen molar-refractivity contribution >= 4 is 73.6 Å². The first-order valence-corrected chi connectivity index (χ1v) is 18.2. The van der Waals surface area contributed by atoms with Crippen LogP contribution in [0.15, 0.2) is 80.1 Å². The molecule has 1 aromatic heterocycles. The number of rotatable bonds is 13. The summed E-state index contributed by atoms with van der Waals surface area (Å²) in [6, 6.07) is 13.9. The van der Waals surface area contributed by atoms with Crippen LogP contribution in [0.3, 0.4) is 0 Å². The van der Waals surface area contributed by atoms with E-state index in [0.717, 1.165) is 3.57 Å². The van der Waals surface area contributed by atoms with Crippen molar-refractivity contribution in [2.45, 2.75) is 33.4 Å². The van der Waals surface area contributed by atoms with E-state index < -0.39 is 22.9 Å². The van der Waals surface area contributed by atoms with Crippen molar-refractivity contribution in [3.8, 4) is 17.2 Å². The number of nitro groups is 1. The highest BCUT2D eigenvalue weighted by molar-refractivity contribution is 14.1. The van der Waals surface area contributed by atoms with Crippen LogP contribution in [0.2, 0.25) is 0 Å². The number of fused-ring (bicyclic) bond motifs is 1. The lowest BCUT2D eigenvalue weighted by atomic mass is 9.95. The van der Waals surface area contributed by atoms with Crippen LogP contribution in [0.1, 0.15) is 43.5 Å². The zero-order valence-corrected chi connectivity index (χ0v) is 32.3. The topological polar surface area (TPSA) is 158 Å². The Labute approximate surface area is 317 Å². The zero-order valence-electron chi connectivity index (χ0n) is 27.8. The first kappa shape index (κ1) is 37.7. The number of ether oxygens (including phenoxy) is 5. The van der Waals surface area contributed by atoms with Gasteiger partial charge in [-0.25, -0.2) is 14.6 Å². The molecule has 1 atom stereocenters. The summed E-state index contributed by atoms with van der Waals surface area (Å²) in [5, 5.41) is 11.2. The van der Waals surface area contributed by atoms with Gasteiger partial charge in [-0.2, -0.15) is 0 Å². The summed E-state index contributed by atoms with van der Waals surface area (Å²) in [5.74, 6) is -0.0394. The Morgan fingerprint density at radius 3 is 2.55 bits per heavy atom. The highest BCUT2D eigenvalue weighted by Crippen LogP contribution is 2.37. The third-order valence-electron chi connectivity index (χ3n) is 7.50. The molecule has 51 heavy (non-hydrogen) atoms. The van der Waals surface area contributed by atoms with E-state index in [0.29, 0.717) is 47.7 Å². The average Bonchev–Trinajstić information content (AvgIpc) is 3.40. The van der Waals surface area contributed by atoms with Gasteiger partial charge in [-0.15, -0.1) is 0 Å². The fourth-order valence-electron chi connectivity index (χ4n) is 5.25. The van der Waals surface area contributed by atoms with E-state index in [1.807, 2.05) is 6.07 Å². The monoisotopic (exact) mass is 891 g/mol. The summed E-state index contributed by atoms with van der Waals surface area (Å²) in [5.41, 5.74) is 2.07. The van der Waals surface area contributed by atoms with Crippen LogP contribution in [-0.4, -0.2) is 48.4 Å². The molecule has 0 spiro atoms. The SMILES string of the molecule is CCOC(=O)C1=C(C)N=c2s/c(=C\c3cc(Br)c(OCc4cccc([N+](=O)[O-])c4)c(I)c3)c(=O)n2[C@@H]1c1ccc(OCC(=O)OC)c(OCC)c1. The van der Waals surface area contributed by atoms with Crippen molar-refractivity contribution < 1.29 is 38.2 Å². The van der Waals surface area contributed by atoms with Crippen molar-refractivity contribution in [1.82, 2.24) is 4.57 Å². The molecule has 1 aliphatic rings. The van der Waals surface area contributed by atoms with E-state index in [2.05, 4.69) is 48.3 Å². The summed E-state index contributed by atoms with van der Waals surface area (Å²) >= 11 is 6.87. The molecule has 0 saturated carbocycles. The van der Waals surface area contributed by atoms with E-state index in [9.17, 15) is 24.5 Å². The van der Waals surface area contributed by atoms with Crippen LogP contribution in [-0.2, 0) is 25.7 Å². The number of allylic oxidation sites excluding steroid dienone is 1. The van der Waals surface area contributed by atoms with E-state index in [1.165, 1.54) is 35.1 Å². The second-order valence-electron chi connectivity index (χ2n) is 10.8. The highest BCUT2D eigenvalue weighted by Gasteiger charge is 2.34. The van der Waals surface area contributed by atoms with Gasteiger partial charge in [0.1, 0.15) is 12.4 Å². The Morgan fingerprint density at radius 2 is 1.86 bits per heavy atom. The maximum Gasteiger partial charge on any atom is 0.343 e. The second kappa shape index (κ2) is 16.6. The summed E-state index contributed by atoms with van der Waals surface area (Å²) < 4.78 is 30.8. The Bertz CT molecular complexity index is 2210. The number of methoxy groups -OCH3 is 1.